The first kappa shape index (κ1) is 17.8. The lowest BCUT2D eigenvalue weighted by Gasteiger charge is -2.13. The highest BCUT2D eigenvalue weighted by Gasteiger charge is 2.20. The third-order valence-electron chi connectivity index (χ3n) is 4.23. The normalized spacial score (nSPS) is 12.1. The van der Waals surface area contributed by atoms with E-state index in [0.717, 1.165) is 21.5 Å². The SMILES string of the molecule is Cc1[nH]c2ccccc2c1C(=O)C[NH+](C)CC(=O)Nc1ccc(F)cc1. The van der Waals surface area contributed by atoms with Gasteiger partial charge in [0.2, 0.25) is 5.78 Å². The average Bonchev–Trinajstić information content (AvgIpc) is 2.92. The molecule has 0 fully saturated rings. The van der Waals surface area contributed by atoms with Gasteiger partial charge in [-0.2, -0.15) is 0 Å². The van der Waals surface area contributed by atoms with Gasteiger partial charge in [-0.05, 0) is 37.3 Å². The largest absolute Gasteiger partial charge is 0.358 e. The van der Waals surface area contributed by atoms with Crippen molar-refractivity contribution in [1.29, 1.82) is 0 Å². The minimum absolute atomic E-state index is 0.00738. The van der Waals surface area contributed by atoms with E-state index in [2.05, 4.69) is 10.3 Å². The number of hydrogen-bond acceptors (Lipinski definition) is 2. The van der Waals surface area contributed by atoms with Gasteiger partial charge in [-0.25, -0.2) is 4.39 Å². The molecule has 3 aromatic rings. The fourth-order valence-corrected chi connectivity index (χ4v) is 3.07. The Morgan fingerprint density at radius 1 is 1.08 bits per heavy atom. The van der Waals surface area contributed by atoms with Gasteiger partial charge in [0, 0.05) is 22.3 Å². The van der Waals surface area contributed by atoms with E-state index in [9.17, 15) is 14.0 Å². The summed E-state index contributed by atoms with van der Waals surface area (Å²) in [6.07, 6.45) is 0. The monoisotopic (exact) mass is 354 g/mol. The summed E-state index contributed by atoms with van der Waals surface area (Å²) in [5, 5.41) is 3.61. The van der Waals surface area contributed by atoms with Gasteiger partial charge in [-0.15, -0.1) is 0 Å². The van der Waals surface area contributed by atoms with Crippen molar-refractivity contribution in [2.24, 2.45) is 0 Å². The number of Topliss-reactive ketones (excluding diaryl/α,β-unsaturated/α-hetero) is 1. The van der Waals surface area contributed by atoms with Crippen LogP contribution in [0.5, 0.6) is 0 Å². The number of nitrogens with one attached hydrogen (secondary N) is 3. The van der Waals surface area contributed by atoms with E-state index in [0.29, 0.717) is 11.3 Å². The maximum Gasteiger partial charge on any atom is 0.279 e. The van der Waals surface area contributed by atoms with E-state index in [1.54, 1.807) is 7.05 Å². The number of rotatable bonds is 6. The molecule has 3 N–H and O–H groups in total. The number of aromatic nitrogens is 1. The molecule has 1 atom stereocenters. The Bertz CT molecular complexity index is 947. The Balaban J connectivity index is 1.62. The number of likely N-dealkylation sites (N-methyl/N-ethyl adjacent to an activating group) is 1. The highest BCUT2D eigenvalue weighted by atomic mass is 19.1. The molecule has 2 aromatic carbocycles. The molecular weight excluding hydrogens is 333 g/mol. The molecule has 6 heteroatoms. The number of carbonyl (C=O) groups is 2. The van der Waals surface area contributed by atoms with Crippen molar-refractivity contribution in [1.82, 2.24) is 4.98 Å². The van der Waals surface area contributed by atoms with Gasteiger partial charge >= 0.3 is 0 Å². The highest BCUT2D eigenvalue weighted by Crippen LogP contribution is 2.21. The van der Waals surface area contributed by atoms with Gasteiger partial charge in [0.1, 0.15) is 12.4 Å². The average molecular weight is 354 g/mol. The summed E-state index contributed by atoms with van der Waals surface area (Å²) in [5.74, 6) is -0.588. The van der Waals surface area contributed by atoms with E-state index in [-0.39, 0.29) is 30.6 Å². The smallest absolute Gasteiger partial charge is 0.279 e. The molecule has 0 saturated heterocycles. The van der Waals surface area contributed by atoms with Gasteiger partial charge in [0.05, 0.1) is 12.6 Å². The fraction of sp³-hybridized carbons (Fsp3) is 0.200. The minimum Gasteiger partial charge on any atom is -0.358 e. The summed E-state index contributed by atoms with van der Waals surface area (Å²) in [4.78, 5) is 28.8. The molecule has 1 heterocycles. The van der Waals surface area contributed by atoms with Crippen LogP contribution in [0.25, 0.3) is 10.9 Å². The molecule has 26 heavy (non-hydrogen) atoms. The van der Waals surface area contributed by atoms with Crippen LogP contribution in [-0.4, -0.2) is 36.8 Å². The van der Waals surface area contributed by atoms with Crippen molar-refractivity contribution in [2.75, 3.05) is 25.5 Å². The second-order valence-corrected chi connectivity index (χ2v) is 6.46. The number of para-hydroxylation sites is 1. The highest BCUT2D eigenvalue weighted by molar-refractivity contribution is 6.09. The van der Waals surface area contributed by atoms with Gasteiger partial charge < -0.3 is 15.2 Å². The number of hydrogen-bond donors (Lipinski definition) is 3. The maximum atomic E-state index is 12.9. The Morgan fingerprint density at radius 3 is 2.50 bits per heavy atom. The third-order valence-corrected chi connectivity index (χ3v) is 4.23. The Kier molecular flexibility index (Phi) is 5.14. The number of quaternary nitrogens is 1. The predicted molar refractivity (Wildman–Crippen MR) is 99.0 cm³/mol. The van der Waals surface area contributed by atoms with Crippen LogP contribution in [0.15, 0.2) is 48.5 Å². The lowest BCUT2D eigenvalue weighted by molar-refractivity contribution is -0.861. The van der Waals surface area contributed by atoms with Crippen LogP contribution < -0.4 is 10.2 Å². The van der Waals surface area contributed by atoms with Gasteiger partial charge in [0.15, 0.2) is 6.54 Å². The van der Waals surface area contributed by atoms with Crippen LogP contribution in [0.3, 0.4) is 0 Å². The zero-order valence-corrected chi connectivity index (χ0v) is 14.7. The molecule has 0 aliphatic rings. The summed E-state index contributed by atoms with van der Waals surface area (Å²) in [5.41, 5.74) is 2.97. The zero-order chi connectivity index (χ0) is 18.7. The number of amides is 1. The Hall–Kier alpha value is -2.99. The molecule has 0 spiro atoms. The molecule has 1 unspecified atom stereocenters. The number of carbonyl (C=O) groups excluding carboxylic acids is 2. The molecule has 3 rings (SSSR count). The molecule has 1 aromatic heterocycles. The van der Waals surface area contributed by atoms with Crippen LogP contribution in [-0.2, 0) is 4.79 Å². The van der Waals surface area contributed by atoms with Gasteiger partial charge in [-0.1, -0.05) is 18.2 Å². The standard InChI is InChI=1S/C20H20FN3O2/c1-13-20(16-5-3-4-6-17(16)22-13)18(25)11-24(2)12-19(26)23-15-9-7-14(21)8-10-15/h3-10,22H,11-12H2,1-2H3,(H,23,26)/p+1. The molecule has 0 saturated carbocycles. The van der Waals surface area contributed by atoms with Crippen molar-refractivity contribution in [3.63, 3.8) is 0 Å². The Morgan fingerprint density at radius 2 is 1.77 bits per heavy atom. The molecule has 0 radical (unpaired) electrons. The van der Waals surface area contributed by atoms with Crippen molar-refractivity contribution in [2.45, 2.75) is 6.92 Å². The molecule has 5 nitrogen and oxygen atoms in total. The number of benzene rings is 2. The van der Waals surface area contributed by atoms with Crippen LogP contribution in [0.4, 0.5) is 10.1 Å². The lowest BCUT2D eigenvalue weighted by atomic mass is 10.1. The first-order valence-corrected chi connectivity index (χ1v) is 8.41. The van der Waals surface area contributed by atoms with E-state index in [4.69, 9.17) is 0 Å². The van der Waals surface area contributed by atoms with Crippen LogP contribution >= 0.6 is 0 Å². The molecule has 0 aliphatic heterocycles. The number of aromatic amines is 1. The fourth-order valence-electron chi connectivity index (χ4n) is 3.07. The number of H-pyrrole nitrogens is 1. The number of halogens is 1. The van der Waals surface area contributed by atoms with Crippen LogP contribution in [0.1, 0.15) is 16.1 Å². The Labute approximate surface area is 150 Å². The second-order valence-electron chi connectivity index (χ2n) is 6.46. The first-order valence-electron chi connectivity index (χ1n) is 8.41. The van der Waals surface area contributed by atoms with E-state index >= 15 is 0 Å². The van der Waals surface area contributed by atoms with E-state index in [1.807, 2.05) is 31.2 Å². The quantitative estimate of drug-likeness (QED) is 0.593. The minimum atomic E-state index is -0.356. The summed E-state index contributed by atoms with van der Waals surface area (Å²) >= 11 is 0. The topological polar surface area (TPSA) is 66.4 Å². The second kappa shape index (κ2) is 7.49. The van der Waals surface area contributed by atoms with Crippen molar-refractivity contribution in [3.8, 4) is 0 Å². The number of fused-ring (bicyclic) bond motifs is 1. The van der Waals surface area contributed by atoms with Crippen LogP contribution in [0, 0.1) is 12.7 Å². The van der Waals surface area contributed by atoms with Gasteiger partial charge in [-0.3, -0.25) is 9.59 Å². The zero-order valence-electron chi connectivity index (χ0n) is 14.7. The molecule has 1 amide bonds. The summed E-state index contributed by atoms with van der Waals surface area (Å²) < 4.78 is 12.9. The summed E-state index contributed by atoms with van der Waals surface area (Å²) in [6.45, 7) is 2.23. The first-order chi connectivity index (χ1) is 12.4. The number of aryl methyl sites for hydroxylation is 1. The van der Waals surface area contributed by atoms with Gasteiger partial charge in [0.25, 0.3) is 5.91 Å². The summed E-state index contributed by atoms with van der Waals surface area (Å²) in [6, 6.07) is 13.3. The van der Waals surface area contributed by atoms with E-state index in [1.165, 1.54) is 24.3 Å². The molecule has 0 bridgehead atoms. The third kappa shape index (κ3) is 3.97. The summed E-state index contributed by atoms with van der Waals surface area (Å²) in [7, 11) is 1.80. The van der Waals surface area contributed by atoms with E-state index < -0.39 is 0 Å². The number of anilines is 1. The maximum absolute atomic E-state index is 12.9. The van der Waals surface area contributed by atoms with Crippen LogP contribution in [0.2, 0.25) is 0 Å². The van der Waals surface area contributed by atoms with Crippen molar-refractivity contribution in [3.05, 3.63) is 65.6 Å². The van der Waals surface area contributed by atoms with Crippen molar-refractivity contribution >= 4 is 28.3 Å². The predicted octanol–water partition coefficient (Wildman–Crippen LogP) is 1.95. The lowest BCUT2D eigenvalue weighted by Crippen LogP contribution is -3.11. The molecular formula is C20H21FN3O2+. The molecule has 0 aliphatic carbocycles. The number of ketones is 1. The van der Waals surface area contributed by atoms with Crippen molar-refractivity contribution < 1.29 is 18.9 Å². The molecule has 134 valence electrons.